The van der Waals surface area contributed by atoms with Crippen molar-refractivity contribution in [3.05, 3.63) is 0 Å². The number of hydrogen-bond donors (Lipinski definition) is 0. The highest BCUT2D eigenvalue weighted by molar-refractivity contribution is 4.68. The van der Waals surface area contributed by atoms with Gasteiger partial charge in [-0.25, -0.2) is 8.78 Å². The van der Waals surface area contributed by atoms with Crippen molar-refractivity contribution < 1.29 is 8.78 Å². The molecule has 0 spiro atoms. The van der Waals surface area contributed by atoms with Gasteiger partial charge in [0.25, 0.3) is 6.43 Å². The van der Waals surface area contributed by atoms with Gasteiger partial charge in [-0.3, -0.25) is 4.90 Å². The average Bonchev–Trinajstić information content (AvgIpc) is 2.12. The summed E-state index contributed by atoms with van der Waals surface area (Å²) in [4.78, 5) is 1.89. The van der Waals surface area contributed by atoms with Crippen LogP contribution in [0, 0.1) is 5.92 Å². The lowest BCUT2D eigenvalue weighted by atomic mass is 10.1. The molecule has 0 aliphatic carbocycles. The van der Waals surface area contributed by atoms with Crippen LogP contribution in [0.4, 0.5) is 8.78 Å². The lowest BCUT2D eigenvalue weighted by Crippen LogP contribution is -2.32. The standard InChI is InChI=1S/C9H17F2N/c1-8-4-2-3-5-12(6-8)7-9(10)11/h8-9H,2-7H2,1H3. The summed E-state index contributed by atoms with van der Waals surface area (Å²) in [5.41, 5.74) is 0. The van der Waals surface area contributed by atoms with E-state index in [-0.39, 0.29) is 6.54 Å². The summed E-state index contributed by atoms with van der Waals surface area (Å²) in [6, 6.07) is 0. The second-order valence-corrected chi connectivity index (χ2v) is 3.75. The molecule has 0 aromatic heterocycles. The van der Waals surface area contributed by atoms with Crippen molar-refractivity contribution in [3.8, 4) is 0 Å². The van der Waals surface area contributed by atoms with E-state index in [1.165, 1.54) is 12.8 Å². The highest BCUT2D eigenvalue weighted by atomic mass is 19.3. The zero-order valence-corrected chi connectivity index (χ0v) is 7.60. The summed E-state index contributed by atoms with van der Waals surface area (Å²) in [5.74, 6) is 0.589. The summed E-state index contributed by atoms with van der Waals surface area (Å²) >= 11 is 0. The van der Waals surface area contributed by atoms with E-state index in [0.29, 0.717) is 5.92 Å². The molecule has 12 heavy (non-hydrogen) atoms. The van der Waals surface area contributed by atoms with Crippen LogP contribution >= 0.6 is 0 Å². The van der Waals surface area contributed by atoms with Crippen molar-refractivity contribution in [2.45, 2.75) is 32.6 Å². The zero-order chi connectivity index (χ0) is 8.97. The number of alkyl halides is 2. The quantitative estimate of drug-likeness (QED) is 0.626. The Morgan fingerprint density at radius 1 is 1.42 bits per heavy atom. The molecule has 0 N–H and O–H groups in total. The fraction of sp³-hybridized carbons (Fsp3) is 1.00. The maximum atomic E-state index is 12.0. The summed E-state index contributed by atoms with van der Waals surface area (Å²) in [6.07, 6.45) is 1.30. The van der Waals surface area contributed by atoms with Gasteiger partial charge in [-0.1, -0.05) is 13.3 Å². The van der Waals surface area contributed by atoms with Crippen LogP contribution < -0.4 is 0 Å². The molecule has 0 aromatic carbocycles. The second-order valence-electron chi connectivity index (χ2n) is 3.75. The molecule has 1 atom stereocenters. The fourth-order valence-corrected chi connectivity index (χ4v) is 1.81. The zero-order valence-electron chi connectivity index (χ0n) is 7.60. The van der Waals surface area contributed by atoms with Crippen molar-refractivity contribution in [1.29, 1.82) is 0 Å². The molecule has 0 bridgehead atoms. The normalized spacial score (nSPS) is 27.5. The van der Waals surface area contributed by atoms with Gasteiger partial charge in [0.2, 0.25) is 0 Å². The second kappa shape index (κ2) is 4.75. The van der Waals surface area contributed by atoms with Gasteiger partial charge in [0.15, 0.2) is 0 Å². The van der Waals surface area contributed by atoms with Crippen LogP contribution in [-0.2, 0) is 0 Å². The van der Waals surface area contributed by atoms with Crippen molar-refractivity contribution in [2.24, 2.45) is 5.92 Å². The summed E-state index contributed by atoms with van der Waals surface area (Å²) in [6.45, 7) is 3.81. The molecule has 0 aromatic rings. The van der Waals surface area contributed by atoms with Gasteiger partial charge in [-0.05, 0) is 25.3 Å². The average molecular weight is 177 g/mol. The van der Waals surface area contributed by atoms with Crippen LogP contribution in [0.5, 0.6) is 0 Å². The molecule has 1 fully saturated rings. The molecule has 1 rings (SSSR count). The SMILES string of the molecule is CC1CCCCN(CC(F)F)C1. The Labute approximate surface area is 72.7 Å². The van der Waals surface area contributed by atoms with Crippen molar-refractivity contribution >= 4 is 0 Å². The molecule has 0 radical (unpaired) electrons. The molecular weight excluding hydrogens is 160 g/mol. The minimum atomic E-state index is -2.17. The molecule has 1 unspecified atom stereocenters. The maximum Gasteiger partial charge on any atom is 0.251 e. The lowest BCUT2D eigenvalue weighted by molar-refractivity contribution is 0.0850. The lowest BCUT2D eigenvalue weighted by Gasteiger charge is -2.21. The van der Waals surface area contributed by atoms with Crippen LogP contribution in [-0.4, -0.2) is 31.0 Å². The van der Waals surface area contributed by atoms with Crippen LogP contribution in [0.1, 0.15) is 26.2 Å². The molecule has 3 heteroatoms. The Balaban J connectivity index is 2.31. The largest absolute Gasteiger partial charge is 0.297 e. The van der Waals surface area contributed by atoms with Crippen molar-refractivity contribution in [3.63, 3.8) is 0 Å². The van der Waals surface area contributed by atoms with E-state index < -0.39 is 6.43 Å². The number of rotatable bonds is 2. The smallest absolute Gasteiger partial charge is 0.251 e. The number of nitrogens with zero attached hydrogens (tertiary/aromatic N) is 1. The third kappa shape index (κ3) is 3.48. The number of halogens is 2. The van der Waals surface area contributed by atoms with Crippen LogP contribution in [0.3, 0.4) is 0 Å². The first-order chi connectivity index (χ1) is 5.68. The monoisotopic (exact) mass is 177 g/mol. The van der Waals surface area contributed by atoms with Gasteiger partial charge in [0, 0.05) is 6.54 Å². The van der Waals surface area contributed by atoms with Gasteiger partial charge >= 0.3 is 0 Å². The molecule has 1 aliphatic heterocycles. The highest BCUT2D eigenvalue weighted by Crippen LogP contribution is 2.16. The Morgan fingerprint density at radius 2 is 2.17 bits per heavy atom. The molecule has 0 saturated carbocycles. The van der Waals surface area contributed by atoms with E-state index in [0.717, 1.165) is 19.5 Å². The van der Waals surface area contributed by atoms with Crippen LogP contribution in [0.2, 0.25) is 0 Å². The predicted octanol–water partition coefficient (Wildman–Crippen LogP) is 2.37. The number of likely N-dealkylation sites (tertiary alicyclic amines) is 1. The molecule has 72 valence electrons. The maximum absolute atomic E-state index is 12.0. The minimum Gasteiger partial charge on any atom is -0.297 e. The molecular formula is C9H17F2N. The molecule has 1 heterocycles. The summed E-state index contributed by atoms with van der Waals surface area (Å²) in [5, 5.41) is 0. The van der Waals surface area contributed by atoms with Gasteiger partial charge in [0.1, 0.15) is 0 Å². The van der Waals surface area contributed by atoms with Gasteiger partial charge < -0.3 is 0 Å². The summed E-state index contributed by atoms with van der Waals surface area (Å²) in [7, 11) is 0. The highest BCUT2D eigenvalue weighted by Gasteiger charge is 2.17. The van der Waals surface area contributed by atoms with E-state index in [1.54, 1.807) is 0 Å². The Kier molecular flexibility index (Phi) is 3.92. The van der Waals surface area contributed by atoms with Crippen LogP contribution in [0.25, 0.3) is 0 Å². The van der Waals surface area contributed by atoms with Crippen molar-refractivity contribution in [1.82, 2.24) is 4.90 Å². The van der Waals surface area contributed by atoms with E-state index in [1.807, 2.05) is 4.90 Å². The van der Waals surface area contributed by atoms with E-state index in [4.69, 9.17) is 0 Å². The summed E-state index contributed by atoms with van der Waals surface area (Å²) < 4.78 is 24.1. The van der Waals surface area contributed by atoms with Crippen molar-refractivity contribution in [2.75, 3.05) is 19.6 Å². The number of hydrogen-bond acceptors (Lipinski definition) is 1. The Morgan fingerprint density at radius 3 is 2.83 bits per heavy atom. The minimum absolute atomic E-state index is 0.0374. The first-order valence-electron chi connectivity index (χ1n) is 4.69. The molecule has 1 nitrogen and oxygen atoms in total. The van der Waals surface area contributed by atoms with Crippen LogP contribution in [0.15, 0.2) is 0 Å². The first kappa shape index (κ1) is 9.90. The topological polar surface area (TPSA) is 3.24 Å². The van der Waals surface area contributed by atoms with Gasteiger partial charge in [-0.2, -0.15) is 0 Å². The molecule has 0 amide bonds. The van der Waals surface area contributed by atoms with E-state index in [9.17, 15) is 8.78 Å². The predicted molar refractivity (Wildman–Crippen MR) is 45.5 cm³/mol. The fourth-order valence-electron chi connectivity index (χ4n) is 1.81. The van der Waals surface area contributed by atoms with E-state index >= 15 is 0 Å². The van der Waals surface area contributed by atoms with E-state index in [2.05, 4.69) is 6.92 Å². The third-order valence-corrected chi connectivity index (χ3v) is 2.39. The van der Waals surface area contributed by atoms with Gasteiger partial charge in [0.05, 0.1) is 6.54 Å². The third-order valence-electron chi connectivity index (χ3n) is 2.39. The molecule has 1 aliphatic rings. The molecule has 1 saturated heterocycles. The Bertz CT molecular complexity index is 128. The van der Waals surface area contributed by atoms with Gasteiger partial charge in [-0.15, -0.1) is 0 Å². The first-order valence-corrected chi connectivity index (χ1v) is 4.69. The Hall–Kier alpha value is -0.180.